The summed E-state index contributed by atoms with van der Waals surface area (Å²) in [5, 5.41) is 10.9. The molecule has 0 spiro atoms. The second-order valence-corrected chi connectivity index (χ2v) is 2.83. The van der Waals surface area contributed by atoms with Crippen molar-refractivity contribution >= 4 is 12.3 Å². The van der Waals surface area contributed by atoms with Crippen LogP contribution in [0.3, 0.4) is 0 Å². The van der Waals surface area contributed by atoms with E-state index in [0.717, 1.165) is 0 Å². The third kappa shape index (κ3) is 1.52. The van der Waals surface area contributed by atoms with Gasteiger partial charge in [0.25, 0.3) is 0 Å². The summed E-state index contributed by atoms with van der Waals surface area (Å²) in [5.41, 5.74) is 0.497. The second-order valence-electron chi connectivity index (χ2n) is 2.83. The van der Waals surface area contributed by atoms with Crippen molar-refractivity contribution in [1.82, 2.24) is 10.2 Å². The monoisotopic (exact) mass is 191 g/mol. The topological polar surface area (TPSA) is 64.9 Å². The Balaban J connectivity index is 2.34. The first kappa shape index (κ1) is 8.55. The largest absolute Gasteiger partial charge is 0.465 e. The zero-order chi connectivity index (χ0) is 9.97. The molecule has 0 bridgehead atoms. The molecule has 0 fully saturated rings. The first-order chi connectivity index (χ1) is 6.77. The van der Waals surface area contributed by atoms with E-state index in [1.54, 1.807) is 18.4 Å². The fraction of sp³-hybridized carbons (Fsp3) is 0.111. The van der Waals surface area contributed by atoms with E-state index in [1.807, 2.05) is 17.2 Å². The SMILES string of the molecule is O=C(O)NC1=C2N=CCN2C=CC=C1. The van der Waals surface area contributed by atoms with Crippen molar-refractivity contribution in [1.29, 1.82) is 0 Å². The highest BCUT2D eigenvalue weighted by Crippen LogP contribution is 2.18. The van der Waals surface area contributed by atoms with Crippen LogP contribution >= 0.6 is 0 Å². The van der Waals surface area contributed by atoms with Gasteiger partial charge in [0.15, 0.2) is 5.82 Å². The molecular formula is C9H9N3O2. The number of aliphatic imine (C=N–C) groups is 1. The smallest absolute Gasteiger partial charge is 0.409 e. The second kappa shape index (κ2) is 3.37. The van der Waals surface area contributed by atoms with Crippen molar-refractivity contribution in [3.63, 3.8) is 0 Å². The minimum Gasteiger partial charge on any atom is -0.465 e. The van der Waals surface area contributed by atoms with E-state index >= 15 is 0 Å². The van der Waals surface area contributed by atoms with E-state index in [0.29, 0.717) is 18.1 Å². The first-order valence-corrected chi connectivity index (χ1v) is 4.15. The van der Waals surface area contributed by atoms with Crippen molar-refractivity contribution in [3.8, 4) is 0 Å². The van der Waals surface area contributed by atoms with Crippen LogP contribution in [0.25, 0.3) is 0 Å². The van der Waals surface area contributed by atoms with Crippen LogP contribution in [-0.2, 0) is 0 Å². The van der Waals surface area contributed by atoms with Crippen molar-refractivity contribution in [2.45, 2.75) is 0 Å². The fourth-order valence-electron chi connectivity index (χ4n) is 1.32. The number of hydrogen-bond donors (Lipinski definition) is 2. The van der Waals surface area contributed by atoms with Crippen LogP contribution in [0.15, 0.2) is 40.9 Å². The lowest BCUT2D eigenvalue weighted by atomic mass is 10.4. The van der Waals surface area contributed by atoms with E-state index in [-0.39, 0.29) is 0 Å². The zero-order valence-corrected chi connectivity index (χ0v) is 7.34. The van der Waals surface area contributed by atoms with Gasteiger partial charge in [0, 0.05) is 12.4 Å². The molecule has 0 saturated carbocycles. The molecule has 14 heavy (non-hydrogen) atoms. The van der Waals surface area contributed by atoms with E-state index in [9.17, 15) is 4.79 Å². The average Bonchev–Trinajstić information content (AvgIpc) is 2.51. The number of allylic oxidation sites excluding steroid dienone is 3. The lowest BCUT2D eigenvalue weighted by molar-refractivity contribution is 0.197. The maximum Gasteiger partial charge on any atom is 0.409 e. The molecule has 2 aliphatic rings. The van der Waals surface area contributed by atoms with Gasteiger partial charge >= 0.3 is 6.09 Å². The molecule has 0 aromatic heterocycles. The summed E-state index contributed by atoms with van der Waals surface area (Å²) in [4.78, 5) is 16.5. The summed E-state index contributed by atoms with van der Waals surface area (Å²) < 4.78 is 0. The Labute approximate surface area is 80.7 Å². The number of nitrogens with one attached hydrogen (secondary N) is 1. The van der Waals surface area contributed by atoms with Crippen molar-refractivity contribution in [2.24, 2.45) is 4.99 Å². The molecule has 0 saturated heterocycles. The van der Waals surface area contributed by atoms with Gasteiger partial charge in [-0.25, -0.2) is 9.79 Å². The Morgan fingerprint density at radius 2 is 2.43 bits per heavy atom. The van der Waals surface area contributed by atoms with Crippen molar-refractivity contribution in [2.75, 3.05) is 6.54 Å². The number of nitrogens with zero attached hydrogens (tertiary/aromatic N) is 2. The highest BCUT2D eigenvalue weighted by molar-refractivity contribution is 5.70. The van der Waals surface area contributed by atoms with Crippen LogP contribution in [0.2, 0.25) is 0 Å². The third-order valence-electron chi connectivity index (χ3n) is 1.89. The van der Waals surface area contributed by atoms with E-state index in [1.165, 1.54) is 0 Å². The number of carboxylic acid groups (broad SMARTS) is 1. The minimum atomic E-state index is -1.08. The third-order valence-corrected chi connectivity index (χ3v) is 1.89. The Kier molecular flexibility index (Phi) is 2.06. The van der Waals surface area contributed by atoms with Gasteiger partial charge in [0.2, 0.25) is 0 Å². The van der Waals surface area contributed by atoms with Gasteiger partial charge in [0.05, 0.1) is 12.2 Å². The number of rotatable bonds is 1. The van der Waals surface area contributed by atoms with Crippen molar-refractivity contribution in [3.05, 3.63) is 35.9 Å². The van der Waals surface area contributed by atoms with Crippen LogP contribution in [0.1, 0.15) is 0 Å². The van der Waals surface area contributed by atoms with Crippen LogP contribution in [0.4, 0.5) is 4.79 Å². The Bertz CT molecular complexity index is 380. The molecule has 5 nitrogen and oxygen atoms in total. The Morgan fingerprint density at radius 1 is 1.57 bits per heavy atom. The highest BCUT2D eigenvalue weighted by atomic mass is 16.4. The summed E-state index contributed by atoms with van der Waals surface area (Å²) in [5.74, 6) is 0.636. The molecule has 5 heteroatoms. The lowest BCUT2D eigenvalue weighted by Crippen LogP contribution is -2.23. The number of fused-ring (bicyclic) bond motifs is 1. The minimum absolute atomic E-state index is 0.497. The molecule has 2 aliphatic heterocycles. The predicted octanol–water partition coefficient (Wildman–Crippen LogP) is 0.893. The maximum atomic E-state index is 10.5. The van der Waals surface area contributed by atoms with Gasteiger partial charge in [-0.3, -0.25) is 5.32 Å². The predicted molar refractivity (Wildman–Crippen MR) is 51.7 cm³/mol. The molecule has 0 unspecified atom stereocenters. The molecule has 72 valence electrons. The first-order valence-electron chi connectivity index (χ1n) is 4.15. The summed E-state index contributed by atoms with van der Waals surface area (Å²) in [6.45, 7) is 0.679. The van der Waals surface area contributed by atoms with Gasteiger partial charge in [-0.15, -0.1) is 0 Å². The lowest BCUT2D eigenvalue weighted by Gasteiger charge is -2.13. The zero-order valence-electron chi connectivity index (χ0n) is 7.34. The molecule has 0 aromatic rings. The molecule has 0 atom stereocenters. The maximum absolute atomic E-state index is 10.5. The molecule has 1 amide bonds. The quantitative estimate of drug-likeness (QED) is 0.647. The Hall–Kier alpha value is -2.04. The number of hydrogen-bond acceptors (Lipinski definition) is 3. The van der Waals surface area contributed by atoms with Crippen LogP contribution in [0, 0.1) is 0 Å². The molecule has 2 heterocycles. The molecule has 2 N–H and O–H groups in total. The molecule has 0 aromatic carbocycles. The molecule has 0 radical (unpaired) electrons. The van der Waals surface area contributed by atoms with E-state index < -0.39 is 6.09 Å². The molecular weight excluding hydrogens is 182 g/mol. The Morgan fingerprint density at radius 3 is 3.21 bits per heavy atom. The summed E-state index contributed by atoms with van der Waals surface area (Å²) in [6.07, 6.45) is 7.80. The molecule has 2 rings (SSSR count). The summed E-state index contributed by atoms with van der Waals surface area (Å²) >= 11 is 0. The van der Waals surface area contributed by atoms with Crippen LogP contribution in [0.5, 0.6) is 0 Å². The van der Waals surface area contributed by atoms with Crippen molar-refractivity contribution < 1.29 is 9.90 Å². The van der Waals surface area contributed by atoms with Crippen LogP contribution in [-0.4, -0.2) is 28.9 Å². The van der Waals surface area contributed by atoms with Gasteiger partial charge in [-0.2, -0.15) is 0 Å². The fourth-order valence-corrected chi connectivity index (χ4v) is 1.32. The van der Waals surface area contributed by atoms with Gasteiger partial charge in [-0.05, 0) is 12.2 Å². The summed E-state index contributed by atoms with van der Waals surface area (Å²) in [6, 6.07) is 0. The van der Waals surface area contributed by atoms with E-state index in [4.69, 9.17) is 5.11 Å². The number of carbonyl (C=O) groups is 1. The van der Waals surface area contributed by atoms with Gasteiger partial charge in [0.1, 0.15) is 0 Å². The van der Waals surface area contributed by atoms with Gasteiger partial charge in [-0.1, -0.05) is 6.08 Å². The van der Waals surface area contributed by atoms with E-state index in [2.05, 4.69) is 10.3 Å². The molecule has 0 aliphatic carbocycles. The normalized spacial score (nSPS) is 18.4. The standard InChI is InChI=1S/C9H9N3O2/c13-9(14)11-7-3-1-2-5-12-6-4-10-8(7)12/h1-5,11H,6H2,(H,13,14). The average molecular weight is 191 g/mol. The number of amides is 1. The highest BCUT2D eigenvalue weighted by Gasteiger charge is 2.16. The van der Waals surface area contributed by atoms with Gasteiger partial charge < -0.3 is 10.0 Å². The summed E-state index contributed by atoms with van der Waals surface area (Å²) in [7, 11) is 0. The van der Waals surface area contributed by atoms with Crippen LogP contribution < -0.4 is 5.32 Å².